The summed E-state index contributed by atoms with van der Waals surface area (Å²) in [4.78, 5) is 37.7. The monoisotopic (exact) mass is 551 g/mol. The number of hydrogen-bond donors (Lipinski definition) is 1. The van der Waals surface area contributed by atoms with Crippen LogP contribution in [0.15, 0.2) is 58.2 Å². The molecule has 12 heteroatoms. The van der Waals surface area contributed by atoms with Crippen molar-refractivity contribution in [2.45, 2.75) is 69.1 Å². The molecule has 0 radical (unpaired) electrons. The summed E-state index contributed by atoms with van der Waals surface area (Å²) >= 11 is 1.14. The zero-order valence-electron chi connectivity index (χ0n) is 21.3. The molecular formula is C26H28F3N3O5S. The first kappa shape index (κ1) is 29.0. The lowest BCUT2D eigenvalue weighted by molar-refractivity contribution is -0.139. The highest BCUT2D eigenvalue weighted by molar-refractivity contribution is 8.01. The van der Waals surface area contributed by atoms with E-state index in [2.05, 4.69) is 5.10 Å². The van der Waals surface area contributed by atoms with E-state index in [4.69, 9.17) is 4.74 Å². The molecule has 0 saturated carbocycles. The largest absolute Gasteiger partial charge is 0.480 e. The van der Waals surface area contributed by atoms with Crippen LogP contribution in [0.2, 0.25) is 0 Å². The molecule has 0 aliphatic carbocycles. The lowest BCUT2D eigenvalue weighted by Crippen LogP contribution is -2.26. The fraction of sp³-hybridized carbons (Fsp3) is 0.385. The second-order valence-corrected chi connectivity index (χ2v) is 10.8. The number of nitrogens with zero attached hydrogens (tertiary/aromatic N) is 3. The summed E-state index contributed by atoms with van der Waals surface area (Å²) < 4.78 is 45.6. The summed E-state index contributed by atoms with van der Waals surface area (Å²) in [6.07, 6.45) is -4.75. The maximum absolute atomic E-state index is 13.0. The molecule has 204 valence electrons. The Hall–Kier alpha value is -3.54. The van der Waals surface area contributed by atoms with E-state index in [9.17, 15) is 32.7 Å². The summed E-state index contributed by atoms with van der Waals surface area (Å²) in [5.74, 6) is -1.40. The third kappa shape index (κ3) is 6.85. The van der Waals surface area contributed by atoms with Gasteiger partial charge in [0.05, 0.1) is 17.7 Å². The van der Waals surface area contributed by atoms with Crippen LogP contribution >= 0.6 is 11.8 Å². The summed E-state index contributed by atoms with van der Waals surface area (Å²) in [5, 5.41) is 13.6. The number of alkyl halides is 3. The van der Waals surface area contributed by atoms with Crippen molar-refractivity contribution in [2.75, 3.05) is 0 Å². The molecule has 0 fully saturated rings. The Morgan fingerprint density at radius 1 is 1.08 bits per heavy atom. The number of carboxylic acids is 1. The molecule has 0 saturated heterocycles. The van der Waals surface area contributed by atoms with Crippen LogP contribution in [0.25, 0.3) is 0 Å². The maximum atomic E-state index is 13.0. The first-order valence-electron chi connectivity index (χ1n) is 11.8. The average molecular weight is 552 g/mol. The van der Waals surface area contributed by atoms with Gasteiger partial charge < -0.3 is 9.84 Å². The highest BCUT2D eigenvalue weighted by atomic mass is 32.2. The lowest BCUT2D eigenvalue weighted by Gasteiger charge is -2.18. The number of aromatic nitrogens is 3. The zero-order chi connectivity index (χ0) is 28.3. The third-order valence-electron chi connectivity index (χ3n) is 5.64. The predicted molar refractivity (Wildman–Crippen MR) is 135 cm³/mol. The molecule has 38 heavy (non-hydrogen) atoms. The van der Waals surface area contributed by atoms with Crippen molar-refractivity contribution in [1.29, 1.82) is 0 Å². The first-order valence-corrected chi connectivity index (χ1v) is 12.6. The van der Waals surface area contributed by atoms with Gasteiger partial charge >= 0.3 is 23.8 Å². The molecule has 0 aliphatic rings. The van der Waals surface area contributed by atoms with Crippen LogP contribution in [0.4, 0.5) is 13.2 Å². The van der Waals surface area contributed by atoms with Gasteiger partial charge in [-0.05, 0) is 69.2 Å². The van der Waals surface area contributed by atoms with E-state index < -0.39 is 40.2 Å². The van der Waals surface area contributed by atoms with Crippen LogP contribution < -0.4 is 5.69 Å². The van der Waals surface area contributed by atoms with Crippen molar-refractivity contribution in [1.82, 2.24) is 14.3 Å². The Balaban J connectivity index is 1.77. The Bertz CT molecular complexity index is 1350. The van der Waals surface area contributed by atoms with E-state index in [1.165, 1.54) is 28.8 Å². The molecule has 1 atom stereocenters. The average Bonchev–Trinajstić information content (AvgIpc) is 3.14. The van der Waals surface area contributed by atoms with Crippen LogP contribution in [0.1, 0.15) is 67.5 Å². The number of benzene rings is 2. The van der Waals surface area contributed by atoms with Crippen LogP contribution in [0, 0.1) is 0 Å². The van der Waals surface area contributed by atoms with Crippen LogP contribution in [-0.4, -0.2) is 36.1 Å². The van der Waals surface area contributed by atoms with Crippen molar-refractivity contribution >= 4 is 23.7 Å². The molecule has 1 heterocycles. The molecule has 0 aliphatic heterocycles. The van der Waals surface area contributed by atoms with Crippen molar-refractivity contribution in [2.24, 2.45) is 0 Å². The Kier molecular flexibility index (Phi) is 8.75. The standard InChI is InChI=1S/C26H28F3N3O5S/c1-5-14-31-21(30-32(24(31)36)15-17-6-10-19(11-7-17)26(27,28)29)16(2)37-22(33)18-8-12-20(13-9-18)38-25(3,4)23(34)35/h6-13,16H,5,14-15H2,1-4H3,(H,34,35)/t16-/m0/s1. The molecule has 3 aromatic rings. The van der Waals surface area contributed by atoms with Gasteiger partial charge in [-0.25, -0.2) is 14.3 Å². The quantitative estimate of drug-likeness (QED) is 0.266. The fourth-order valence-electron chi connectivity index (χ4n) is 3.55. The summed E-state index contributed by atoms with van der Waals surface area (Å²) in [7, 11) is 0. The van der Waals surface area contributed by atoms with E-state index >= 15 is 0 Å². The number of hydrogen-bond acceptors (Lipinski definition) is 6. The minimum absolute atomic E-state index is 0.0484. The number of carboxylic acid groups (broad SMARTS) is 1. The lowest BCUT2D eigenvalue weighted by atomic mass is 10.1. The fourth-order valence-corrected chi connectivity index (χ4v) is 4.49. The normalized spacial score (nSPS) is 12.8. The van der Waals surface area contributed by atoms with Crippen LogP contribution in [0.3, 0.4) is 0 Å². The summed E-state index contributed by atoms with van der Waals surface area (Å²) in [5.41, 5.74) is -0.556. The maximum Gasteiger partial charge on any atom is 0.416 e. The topological polar surface area (TPSA) is 103 Å². The van der Waals surface area contributed by atoms with Gasteiger partial charge in [-0.2, -0.15) is 18.3 Å². The van der Waals surface area contributed by atoms with Gasteiger partial charge in [-0.15, -0.1) is 11.8 Å². The van der Waals surface area contributed by atoms with E-state index in [-0.39, 0.29) is 17.9 Å². The molecule has 8 nitrogen and oxygen atoms in total. The molecule has 0 amide bonds. The van der Waals surface area contributed by atoms with Crippen LogP contribution in [-0.2, 0) is 28.8 Å². The first-order chi connectivity index (χ1) is 17.7. The predicted octanol–water partition coefficient (Wildman–Crippen LogP) is 5.40. The minimum atomic E-state index is -4.46. The van der Waals surface area contributed by atoms with Crippen molar-refractivity contribution < 1.29 is 32.6 Å². The second-order valence-electron chi connectivity index (χ2n) is 9.13. The van der Waals surface area contributed by atoms with Crippen molar-refractivity contribution in [3.63, 3.8) is 0 Å². The Morgan fingerprint density at radius 3 is 2.21 bits per heavy atom. The Labute approximate surface area is 221 Å². The molecule has 2 aromatic carbocycles. The third-order valence-corrected chi connectivity index (χ3v) is 6.83. The number of carbonyl (C=O) groups is 2. The van der Waals surface area contributed by atoms with Gasteiger partial charge in [0.2, 0.25) is 0 Å². The molecule has 0 spiro atoms. The van der Waals surface area contributed by atoms with Crippen molar-refractivity contribution in [3.05, 3.63) is 81.5 Å². The zero-order valence-corrected chi connectivity index (χ0v) is 22.1. The van der Waals surface area contributed by atoms with Gasteiger partial charge in [0, 0.05) is 11.4 Å². The summed E-state index contributed by atoms with van der Waals surface area (Å²) in [6.45, 7) is 6.87. The van der Waals surface area contributed by atoms with E-state index in [1.807, 2.05) is 6.92 Å². The highest BCUT2D eigenvalue weighted by Gasteiger charge is 2.30. The van der Waals surface area contributed by atoms with Gasteiger partial charge in [-0.1, -0.05) is 19.1 Å². The smallest absolute Gasteiger partial charge is 0.416 e. The summed E-state index contributed by atoms with van der Waals surface area (Å²) in [6, 6.07) is 10.8. The number of thioether (sulfide) groups is 1. The van der Waals surface area contributed by atoms with E-state index in [0.29, 0.717) is 23.4 Å². The number of rotatable bonds is 10. The van der Waals surface area contributed by atoms with Crippen LogP contribution in [0.5, 0.6) is 0 Å². The SMILES string of the molecule is CCCn1c([C@H](C)OC(=O)c2ccc(SC(C)(C)C(=O)O)cc2)nn(Cc2ccc(C(F)(F)F)cc2)c1=O. The highest BCUT2D eigenvalue weighted by Crippen LogP contribution is 2.33. The van der Waals surface area contributed by atoms with Gasteiger partial charge in [0.15, 0.2) is 11.9 Å². The molecular weight excluding hydrogens is 523 g/mol. The molecule has 1 aromatic heterocycles. The van der Waals surface area contributed by atoms with Crippen molar-refractivity contribution in [3.8, 4) is 0 Å². The second kappa shape index (κ2) is 11.5. The van der Waals surface area contributed by atoms with Gasteiger partial charge in [0.1, 0.15) is 4.75 Å². The molecule has 1 N–H and O–H groups in total. The molecule has 0 unspecified atom stereocenters. The minimum Gasteiger partial charge on any atom is -0.480 e. The van der Waals surface area contributed by atoms with E-state index in [1.54, 1.807) is 32.9 Å². The number of halogens is 3. The number of carbonyl (C=O) groups excluding carboxylic acids is 1. The van der Waals surface area contributed by atoms with Gasteiger partial charge in [0.25, 0.3) is 0 Å². The number of esters is 1. The Morgan fingerprint density at radius 2 is 1.68 bits per heavy atom. The number of aliphatic carboxylic acids is 1. The van der Waals surface area contributed by atoms with E-state index in [0.717, 1.165) is 28.6 Å². The van der Waals surface area contributed by atoms with Gasteiger partial charge in [-0.3, -0.25) is 9.36 Å². The molecule has 3 rings (SSSR count). The number of ether oxygens (including phenoxy) is 1. The molecule has 0 bridgehead atoms.